The van der Waals surface area contributed by atoms with Crippen LogP contribution in [0.1, 0.15) is 128 Å². The molecule has 5 aliphatic rings. The van der Waals surface area contributed by atoms with Crippen LogP contribution in [0.4, 0.5) is 0 Å². The molecule has 178 valence electrons. The zero-order valence-electron chi connectivity index (χ0n) is 20.2. The van der Waals surface area contributed by atoms with Crippen molar-refractivity contribution in [2.75, 3.05) is 0 Å². The Labute approximate surface area is 192 Å². The Bertz CT molecular complexity index is 511. The van der Waals surface area contributed by atoms with E-state index in [2.05, 4.69) is 0 Å². The van der Waals surface area contributed by atoms with Crippen molar-refractivity contribution in [1.82, 2.24) is 0 Å². The van der Waals surface area contributed by atoms with Crippen LogP contribution in [-0.4, -0.2) is 22.4 Å². The first-order chi connectivity index (χ1) is 15.2. The third-order valence-corrected chi connectivity index (χ3v) is 11.4. The van der Waals surface area contributed by atoms with Gasteiger partial charge in [0.2, 0.25) is 0 Å². The highest BCUT2D eigenvalue weighted by atomic mass is 16.3. The molecule has 0 spiro atoms. The molecule has 6 unspecified atom stereocenters. The molecule has 0 bridgehead atoms. The van der Waals surface area contributed by atoms with Crippen LogP contribution in [0, 0.1) is 40.9 Å². The molecule has 0 saturated heterocycles. The molecule has 5 aliphatic carbocycles. The molecule has 31 heavy (non-hydrogen) atoms. The minimum absolute atomic E-state index is 0.109. The van der Waals surface area contributed by atoms with Gasteiger partial charge in [-0.2, -0.15) is 0 Å². The molecule has 0 aromatic heterocycles. The van der Waals surface area contributed by atoms with E-state index >= 15 is 0 Å². The van der Waals surface area contributed by atoms with Gasteiger partial charge in [-0.05, 0) is 92.3 Å². The Morgan fingerprint density at radius 2 is 0.839 bits per heavy atom. The highest BCUT2D eigenvalue weighted by molar-refractivity contribution is 5.04. The molecule has 0 aromatic carbocycles. The monoisotopic (exact) mass is 430 g/mol. The first-order valence-electron chi connectivity index (χ1n) is 14.5. The van der Waals surface area contributed by atoms with Gasteiger partial charge in [-0.25, -0.2) is 0 Å². The second-order valence-corrected chi connectivity index (χ2v) is 12.7. The lowest BCUT2D eigenvalue weighted by Crippen LogP contribution is -2.51. The van der Waals surface area contributed by atoms with E-state index in [0.717, 1.165) is 36.5 Å². The molecule has 0 aromatic rings. The SMILES string of the molecule is OC1CC(C2CCCCC2)CCC1C1(C2CCC(C3CCCCC3)CC2O)CCCC1. The number of rotatable bonds is 4. The molecule has 2 heteroatoms. The molecule has 2 nitrogen and oxygen atoms in total. The lowest BCUT2D eigenvalue weighted by atomic mass is 9.53. The maximum absolute atomic E-state index is 11.5. The highest BCUT2D eigenvalue weighted by Crippen LogP contribution is 2.59. The van der Waals surface area contributed by atoms with Crippen LogP contribution in [0.5, 0.6) is 0 Å². The van der Waals surface area contributed by atoms with Crippen LogP contribution in [0.2, 0.25) is 0 Å². The van der Waals surface area contributed by atoms with Gasteiger partial charge < -0.3 is 10.2 Å². The summed E-state index contributed by atoms with van der Waals surface area (Å²) in [6, 6.07) is 0. The Balaban J connectivity index is 1.25. The van der Waals surface area contributed by atoms with Gasteiger partial charge in [0, 0.05) is 0 Å². The average molecular weight is 431 g/mol. The van der Waals surface area contributed by atoms with Crippen LogP contribution in [0.25, 0.3) is 0 Å². The van der Waals surface area contributed by atoms with E-state index in [1.54, 1.807) is 0 Å². The lowest BCUT2D eigenvalue weighted by Gasteiger charge is -2.53. The molecule has 0 aliphatic heterocycles. The lowest BCUT2D eigenvalue weighted by molar-refractivity contribution is -0.112. The van der Waals surface area contributed by atoms with Crippen molar-refractivity contribution in [2.24, 2.45) is 40.9 Å². The van der Waals surface area contributed by atoms with Crippen molar-refractivity contribution in [3.63, 3.8) is 0 Å². The molecular formula is C29H50O2. The zero-order valence-corrected chi connectivity index (χ0v) is 20.2. The molecule has 0 amide bonds. The number of hydrogen-bond donors (Lipinski definition) is 2. The minimum Gasteiger partial charge on any atom is -0.393 e. The van der Waals surface area contributed by atoms with Gasteiger partial charge in [-0.3, -0.25) is 0 Å². The summed E-state index contributed by atoms with van der Waals surface area (Å²) < 4.78 is 0. The van der Waals surface area contributed by atoms with Gasteiger partial charge in [-0.1, -0.05) is 77.0 Å². The van der Waals surface area contributed by atoms with Gasteiger partial charge in [-0.15, -0.1) is 0 Å². The summed E-state index contributed by atoms with van der Waals surface area (Å²) in [5.74, 6) is 4.25. The van der Waals surface area contributed by atoms with E-state index in [9.17, 15) is 10.2 Å². The van der Waals surface area contributed by atoms with Crippen LogP contribution < -0.4 is 0 Å². The van der Waals surface area contributed by atoms with E-state index in [0.29, 0.717) is 11.8 Å². The Hall–Kier alpha value is -0.0800. The Morgan fingerprint density at radius 3 is 1.23 bits per heavy atom. The zero-order chi connectivity index (χ0) is 21.3. The second-order valence-electron chi connectivity index (χ2n) is 12.7. The fourth-order valence-corrected chi connectivity index (χ4v) is 9.82. The van der Waals surface area contributed by atoms with Crippen molar-refractivity contribution < 1.29 is 10.2 Å². The van der Waals surface area contributed by atoms with Gasteiger partial charge in [0.25, 0.3) is 0 Å². The van der Waals surface area contributed by atoms with Crippen LogP contribution in [0.15, 0.2) is 0 Å². The van der Waals surface area contributed by atoms with Crippen LogP contribution in [-0.2, 0) is 0 Å². The largest absolute Gasteiger partial charge is 0.393 e. The molecule has 0 radical (unpaired) electrons. The third kappa shape index (κ3) is 4.64. The first kappa shape index (κ1) is 22.7. The second kappa shape index (κ2) is 10.0. The maximum Gasteiger partial charge on any atom is 0.0576 e. The van der Waals surface area contributed by atoms with Gasteiger partial charge >= 0.3 is 0 Å². The van der Waals surface area contributed by atoms with Crippen molar-refractivity contribution in [3.8, 4) is 0 Å². The summed E-state index contributed by atoms with van der Waals surface area (Å²) >= 11 is 0. The summed E-state index contributed by atoms with van der Waals surface area (Å²) in [5, 5.41) is 23.0. The number of hydrogen-bond acceptors (Lipinski definition) is 2. The topological polar surface area (TPSA) is 40.5 Å². The van der Waals surface area contributed by atoms with Crippen molar-refractivity contribution in [2.45, 2.75) is 141 Å². The first-order valence-corrected chi connectivity index (χ1v) is 14.5. The molecule has 2 N–H and O–H groups in total. The Morgan fingerprint density at radius 1 is 0.419 bits per heavy atom. The summed E-state index contributed by atoms with van der Waals surface area (Å²) in [7, 11) is 0. The smallest absolute Gasteiger partial charge is 0.0576 e. The fraction of sp³-hybridized carbons (Fsp3) is 1.00. The van der Waals surface area contributed by atoms with E-state index in [4.69, 9.17) is 0 Å². The van der Waals surface area contributed by atoms with Crippen molar-refractivity contribution >= 4 is 0 Å². The quantitative estimate of drug-likeness (QED) is 0.492. The fourth-order valence-electron chi connectivity index (χ4n) is 9.82. The number of aliphatic hydroxyl groups is 2. The van der Waals surface area contributed by atoms with Crippen molar-refractivity contribution in [3.05, 3.63) is 0 Å². The molecule has 6 atom stereocenters. The van der Waals surface area contributed by atoms with Gasteiger partial charge in [0.05, 0.1) is 12.2 Å². The summed E-state index contributed by atoms with van der Waals surface area (Å²) in [4.78, 5) is 0. The van der Waals surface area contributed by atoms with E-state index < -0.39 is 0 Å². The Kier molecular flexibility index (Phi) is 7.35. The van der Waals surface area contributed by atoms with E-state index in [1.807, 2.05) is 0 Å². The highest BCUT2D eigenvalue weighted by Gasteiger charge is 2.54. The molecule has 5 rings (SSSR count). The van der Waals surface area contributed by atoms with E-state index in [-0.39, 0.29) is 17.6 Å². The molecule has 0 heterocycles. The van der Waals surface area contributed by atoms with E-state index in [1.165, 1.54) is 116 Å². The van der Waals surface area contributed by atoms with Crippen LogP contribution in [0.3, 0.4) is 0 Å². The van der Waals surface area contributed by atoms with Gasteiger partial charge in [0.15, 0.2) is 0 Å². The predicted octanol–water partition coefficient (Wildman–Crippen LogP) is 7.26. The summed E-state index contributed by atoms with van der Waals surface area (Å²) in [6.07, 6.45) is 26.5. The third-order valence-electron chi connectivity index (χ3n) is 11.4. The molecular weight excluding hydrogens is 380 g/mol. The molecule has 5 saturated carbocycles. The maximum atomic E-state index is 11.5. The predicted molar refractivity (Wildman–Crippen MR) is 128 cm³/mol. The van der Waals surface area contributed by atoms with Crippen LogP contribution >= 0.6 is 0 Å². The average Bonchev–Trinajstić information content (AvgIpc) is 3.30. The summed E-state index contributed by atoms with van der Waals surface area (Å²) in [6.45, 7) is 0. The normalized spacial score (nSPS) is 43.2. The molecule has 5 fully saturated rings. The van der Waals surface area contributed by atoms with Gasteiger partial charge in [0.1, 0.15) is 0 Å². The standard InChI is InChI=1S/C29H50O2/c30-27-19-23(21-9-3-1-4-10-21)13-15-25(27)29(17-7-8-18-29)26-16-14-24(20-28(26)31)22-11-5-2-6-12-22/h21-28,30-31H,1-20H2. The van der Waals surface area contributed by atoms with Crippen molar-refractivity contribution in [1.29, 1.82) is 0 Å². The minimum atomic E-state index is -0.109. The number of aliphatic hydroxyl groups excluding tert-OH is 2. The summed E-state index contributed by atoms with van der Waals surface area (Å²) in [5.41, 5.74) is 0.244.